The number of hydrogen-bond donors (Lipinski definition) is 15. The van der Waals surface area contributed by atoms with Gasteiger partial charge in [0.15, 0.2) is 25.8 Å². The van der Waals surface area contributed by atoms with Gasteiger partial charge in [0.1, 0.15) is 48.1 Å². The van der Waals surface area contributed by atoms with Gasteiger partial charge in [-0.2, -0.15) is 0 Å². The van der Waals surface area contributed by atoms with Gasteiger partial charge in [-0.15, -0.1) is 0 Å². The van der Waals surface area contributed by atoms with E-state index in [0.29, 0.717) is 29.8 Å². The Hall–Kier alpha value is -6.64. The average Bonchev–Trinajstić information content (AvgIpc) is 0.865. The van der Waals surface area contributed by atoms with Gasteiger partial charge in [-0.05, 0) is 88.2 Å². The first-order valence-corrected chi connectivity index (χ1v) is 31.5. The Bertz CT molecular complexity index is 2600. The van der Waals surface area contributed by atoms with Gasteiger partial charge in [-0.3, -0.25) is 43.7 Å². The molecule has 94 heavy (non-hydrogen) atoms. The third-order valence-electron chi connectivity index (χ3n) is 14.4. The Labute approximate surface area is 547 Å². The molecule has 2 aliphatic heterocycles. The predicted octanol–water partition coefficient (Wildman–Crippen LogP) is -4.27. The first-order valence-electron chi connectivity index (χ1n) is 31.5. The molecule has 33 heteroatoms. The van der Waals surface area contributed by atoms with Crippen LogP contribution in [-0.4, -0.2) is 277 Å². The lowest BCUT2D eigenvalue weighted by molar-refractivity contribution is -0.294. The maximum atomic E-state index is 13.6. The van der Waals surface area contributed by atoms with E-state index in [0.717, 1.165) is 12.8 Å². The summed E-state index contributed by atoms with van der Waals surface area (Å²) in [5.74, 6) is -2.84. The maximum absolute atomic E-state index is 13.6. The summed E-state index contributed by atoms with van der Waals surface area (Å²) in [5, 5.41) is 80.8. The minimum absolute atomic E-state index is 0. The van der Waals surface area contributed by atoms with E-state index in [1.165, 1.54) is 6.07 Å². The van der Waals surface area contributed by atoms with Crippen LogP contribution in [0.5, 0.6) is 11.5 Å². The van der Waals surface area contributed by atoms with E-state index in [-0.39, 0.29) is 175 Å². The highest BCUT2D eigenvalue weighted by Gasteiger charge is 2.43. The third kappa shape index (κ3) is 31.3. The molecule has 11 atom stereocenters. The minimum Gasteiger partial charge on any atom is -0.484 e. The molecule has 0 aliphatic carbocycles. The fraction of sp³-hybridized carbons (Fsp3) is 0.672. The number of carbonyl (C=O) groups is 8. The molecule has 532 valence electrons. The van der Waals surface area contributed by atoms with Crippen LogP contribution < -0.4 is 57.7 Å². The van der Waals surface area contributed by atoms with Gasteiger partial charge in [0.25, 0.3) is 17.7 Å². The number of unbranched alkanes of at least 4 members (excludes halogenated alkanes) is 1. The Kier molecular flexibility index (Phi) is 38.8. The molecule has 0 saturated carbocycles. The van der Waals surface area contributed by atoms with E-state index in [2.05, 4.69) is 42.5 Å². The molecular formula is C61H99N9O24. The van der Waals surface area contributed by atoms with Gasteiger partial charge in [0.05, 0.1) is 84.3 Å². The Morgan fingerprint density at radius 3 is 1.45 bits per heavy atom. The van der Waals surface area contributed by atoms with Crippen molar-refractivity contribution in [1.29, 1.82) is 0 Å². The van der Waals surface area contributed by atoms with E-state index >= 15 is 0 Å². The number of nitrogens with one attached hydrogen (secondary N) is 8. The third-order valence-corrected chi connectivity index (χ3v) is 14.4. The van der Waals surface area contributed by atoms with Gasteiger partial charge in [-0.1, -0.05) is 18.6 Å². The van der Waals surface area contributed by atoms with Gasteiger partial charge in [-0.25, -0.2) is 0 Å². The number of ether oxygens (including phenoxy) is 10. The highest BCUT2D eigenvalue weighted by atomic mass is 16.7. The highest BCUT2D eigenvalue weighted by Crippen LogP contribution is 2.29. The standard InChI is InChI=1S/C61H97N9O24.H2/c1-38-52(77)54(79)56(81)60(93-38)89-31-29-87-27-19-65-47(72)14-23-85-25-21-67-50(75)36-91-43-12-10-40(11-13-43)41-33-42(58(83)69-18-17-64-46(71)8-6-9-49(74)70-59(84)45(63-3)7-4-5-16-62)35-44(34-41)92-37-51(76)68-22-26-86-24-15-48(73)66-20-28-88-30-32-90-61-57(82)55(80)53(78)39(2)94-61;/h10-13,33-35,38-39,45,52-57,60-61,63,77-82H,4-9,14-32,36-37,62H2,1-3H3,(H,64,71)(H,65,72)(H,66,73)(H,67,75)(H,68,76)(H,69,83)(H,70,74,84);1H/t38-,39-,45-,52-,53-,54+,55+,56+,57+,60+,61+;/m0./s1. The lowest BCUT2D eigenvalue weighted by atomic mass is 10.0. The number of likely N-dealkylation sites (N-methyl/N-ethyl adjacent to an activating group) is 1. The fourth-order valence-corrected chi connectivity index (χ4v) is 9.00. The second kappa shape index (κ2) is 45.7. The number of aliphatic hydroxyl groups is 6. The number of amides is 8. The maximum Gasteiger partial charge on any atom is 0.258 e. The van der Waals surface area contributed by atoms with Crippen LogP contribution in [0, 0.1) is 0 Å². The van der Waals surface area contributed by atoms with Gasteiger partial charge >= 0.3 is 0 Å². The summed E-state index contributed by atoms with van der Waals surface area (Å²) in [5.41, 5.74) is 6.81. The summed E-state index contributed by atoms with van der Waals surface area (Å²) in [6.45, 7) is 4.61. The van der Waals surface area contributed by atoms with Crippen molar-refractivity contribution < 1.29 is 118 Å². The average molecular weight is 1340 g/mol. The molecule has 0 radical (unpaired) electrons. The van der Waals surface area contributed by atoms with Crippen LogP contribution >= 0.6 is 0 Å². The first kappa shape index (κ1) is 79.8. The smallest absolute Gasteiger partial charge is 0.258 e. The Morgan fingerprint density at radius 2 is 0.936 bits per heavy atom. The lowest BCUT2D eigenvalue weighted by Gasteiger charge is -2.38. The number of nitrogens with two attached hydrogens (primary N) is 1. The minimum atomic E-state index is -1.43. The lowest BCUT2D eigenvalue weighted by Crippen LogP contribution is -2.57. The zero-order chi connectivity index (χ0) is 68.6. The summed E-state index contributed by atoms with van der Waals surface area (Å²) in [7, 11) is 1.63. The van der Waals surface area contributed by atoms with Crippen molar-refractivity contribution in [2.75, 3.05) is 132 Å². The Balaban J connectivity index is 0.0000235. The molecule has 16 N–H and O–H groups in total. The Morgan fingerprint density at radius 1 is 0.479 bits per heavy atom. The molecule has 0 aromatic heterocycles. The largest absolute Gasteiger partial charge is 0.484 e. The normalized spacial score (nSPS) is 21.3. The molecule has 33 nitrogen and oxygen atoms in total. The van der Waals surface area contributed by atoms with Crippen molar-refractivity contribution >= 4 is 47.3 Å². The highest BCUT2D eigenvalue weighted by molar-refractivity contribution is 5.98. The van der Waals surface area contributed by atoms with Crippen LogP contribution in [0.25, 0.3) is 11.1 Å². The summed E-state index contributed by atoms with van der Waals surface area (Å²) in [4.78, 5) is 101. The van der Waals surface area contributed by atoms with E-state index < -0.39 is 104 Å². The van der Waals surface area contributed by atoms with Crippen LogP contribution in [-0.2, 0) is 71.5 Å². The predicted molar refractivity (Wildman–Crippen MR) is 334 cm³/mol. The second-order valence-corrected chi connectivity index (χ2v) is 21.8. The molecule has 2 heterocycles. The van der Waals surface area contributed by atoms with Gasteiger partial charge in [0, 0.05) is 71.9 Å². The zero-order valence-electron chi connectivity index (χ0n) is 53.6. The summed E-state index contributed by atoms with van der Waals surface area (Å²) >= 11 is 0. The number of benzene rings is 2. The zero-order valence-corrected chi connectivity index (χ0v) is 53.6. The first-order chi connectivity index (χ1) is 45.2. The summed E-state index contributed by atoms with van der Waals surface area (Å²) in [6, 6.07) is 10.7. The van der Waals surface area contributed by atoms with Crippen molar-refractivity contribution in [2.24, 2.45) is 5.73 Å². The quantitative estimate of drug-likeness (QED) is 0.0279. The SMILES string of the molecule is CN[C@@H](CCCCN)C(=O)NC(=O)CCCC(=O)NCCNC(=O)c1cc(OCC(=O)NCCOCCC(=O)NCCOCCO[C@@H]2O[C@@H](C)[C@H](O)[C@@H](O)[C@H]2O)cc(-c2ccc(OCC(=O)NCCOCCC(=O)NCCOCCO[C@@H]3O[C@@H](C)[C@H](O)[C@@H](O)[C@H]3O)cc2)c1.[HH]. The van der Waals surface area contributed by atoms with Crippen LogP contribution in [0.15, 0.2) is 42.5 Å². The van der Waals surface area contributed by atoms with E-state index in [4.69, 9.17) is 53.1 Å². The number of rotatable bonds is 47. The topological polar surface area (TPSA) is 473 Å². The number of carbonyl (C=O) groups excluding carboxylic acids is 8. The molecule has 2 saturated heterocycles. The molecule has 2 aromatic carbocycles. The van der Waals surface area contributed by atoms with Crippen molar-refractivity contribution in [3.63, 3.8) is 0 Å². The summed E-state index contributed by atoms with van der Waals surface area (Å²) < 4.78 is 54.8. The van der Waals surface area contributed by atoms with E-state index in [9.17, 15) is 69.0 Å². The van der Waals surface area contributed by atoms with Gasteiger partial charge in [0.2, 0.25) is 29.5 Å². The van der Waals surface area contributed by atoms with E-state index in [1.807, 2.05) is 0 Å². The van der Waals surface area contributed by atoms with Crippen molar-refractivity contribution in [1.82, 2.24) is 42.5 Å². The summed E-state index contributed by atoms with van der Waals surface area (Å²) in [6.07, 6.45) is -9.62. The molecule has 2 fully saturated rings. The van der Waals surface area contributed by atoms with Crippen LogP contribution in [0.1, 0.15) is 77.0 Å². The van der Waals surface area contributed by atoms with Crippen molar-refractivity contribution in [2.45, 2.75) is 133 Å². The number of aliphatic hydroxyl groups excluding tert-OH is 6. The molecule has 2 aliphatic rings. The van der Waals surface area contributed by atoms with Gasteiger partial charge < -0.3 is 121 Å². The molecular weight excluding hydrogens is 1240 g/mol. The monoisotopic (exact) mass is 1340 g/mol. The fourth-order valence-electron chi connectivity index (χ4n) is 9.00. The molecule has 8 amide bonds. The van der Waals surface area contributed by atoms with E-state index in [1.54, 1.807) is 57.3 Å². The van der Waals surface area contributed by atoms with Crippen LogP contribution in [0.3, 0.4) is 0 Å². The van der Waals surface area contributed by atoms with Crippen LogP contribution in [0.2, 0.25) is 0 Å². The number of imide groups is 1. The molecule has 0 spiro atoms. The second-order valence-electron chi connectivity index (χ2n) is 21.8. The molecule has 0 bridgehead atoms. The van der Waals surface area contributed by atoms with Crippen LogP contribution in [0.4, 0.5) is 0 Å². The van der Waals surface area contributed by atoms with Crippen molar-refractivity contribution in [3.8, 4) is 22.6 Å². The van der Waals surface area contributed by atoms with Crippen molar-refractivity contribution in [3.05, 3.63) is 48.0 Å². The molecule has 2 aromatic rings. The molecule has 4 rings (SSSR count). The number of hydrogen-bond acceptors (Lipinski definition) is 26. The molecule has 0 unspecified atom stereocenters.